The molecule has 4 heteroatoms. The summed E-state index contributed by atoms with van der Waals surface area (Å²) in [6.45, 7) is 7.52. The Bertz CT molecular complexity index is 377. The van der Waals surface area contributed by atoms with Gasteiger partial charge in [-0.25, -0.2) is 0 Å². The van der Waals surface area contributed by atoms with Crippen molar-refractivity contribution < 1.29 is 0 Å². The van der Waals surface area contributed by atoms with E-state index in [4.69, 9.17) is 5.73 Å². The second-order valence-corrected chi connectivity index (χ2v) is 6.26. The van der Waals surface area contributed by atoms with Gasteiger partial charge in [-0.3, -0.25) is 0 Å². The molecule has 0 spiro atoms. The lowest BCUT2D eigenvalue weighted by molar-refractivity contribution is 0.409. The van der Waals surface area contributed by atoms with Crippen molar-refractivity contribution in [3.05, 3.63) is 22.7 Å². The van der Waals surface area contributed by atoms with Gasteiger partial charge < -0.3 is 15.5 Å². The summed E-state index contributed by atoms with van der Waals surface area (Å²) in [6.07, 6.45) is 0. The lowest BCUT2D eigenvalue weighted by atomic mass is 10.1. The van der Waals surface area contributed by atoms with Crippen molar-refractivity contribution >= 4 is 27.3 Å². The zero-order valence-electron chi connectivity index (χ0n) is 11.8. The van der Waals surface area contributed by atoms with Crippen LogP contribution in [0, 0.1) is 5.92 Å². The zero-order valence-corrected chi connectivity index (χ0v) is 13.4. The maximum Gasteiger partial charge on any atom is 0.0601 e. The van der Waals surface area contributed by atoms with Crippen LogP contribution in [-0.4, -0.2) is 38.6 Å². The molecule has 0 aromatic heterocycles. The van der Waals surface area contributed by atoms with Crippen LogP contribution in [0.1, 0.15) is 13.8 Å². The Morgan fingerprint density at radius 1 is 1.22 bits per heavy atom. The highest BCUT2D eigenvalue weighted by Gasteiger charge is 2.12. The van der Waals surface area contributed by atoms with Crippen LogP contribution in [-0.2, 0) is 0 Å². The van der Waals surface area contributed by atoms with Crippen molar-refractivity contribution in [2.75, 3.05) is 44.4 Å². The average molecular weight is 314 g/mol. The van der Waals surface area contributed by atoms with Gasteiger partial charge in [0.2, 0.25) is 0 Å². The van der Waals surface area contributed by atoms with Crippen LogP contribution in [0.2, 0.25) is 0 Å². The fourth-order valence-electron chi connectivity index (χ4n) is 1.88. The smallest absolute Gasteiger partial charge is 0.0601 e. The normalized spacial score (nSPS) is 11.3. The largest absolute Gasteiger partial charge is 0.397 e. The third kappa shape index (κ3) is 4.86. The number of rotatable bonds is 6. The minimum Gasteiger partial charge on any atom is -0.397 e. The molecule has 0 aliphatic rings. The number of halogens is 1. The molecule has 1 aromatic carbocycles. The quantitative estimate of drug-likeness (QED) is 0.819. The first-order valence-corrected chi connectivity index (χ1v) is 7.14. The van der Waals surface area contributed by atoms with E-state index in [0.717, 1.165) is 35.5 Å². The Hall–Kier alpha value is -0.740. The van der Waals surface area contributed by atoms with Gasteiger partial charge in [0.15, 0.2) is 0 Å². The predicted octanol–water partition coefficient (Wildman–Crippen LogP) is 3.06. The number of nitrogens with two attached hydrogens (primary N) is 1. The van der Waals surface area contributed by atoms with Crippen LogP contribution < -0.4 is 10.6 Å². The van der Waals surface area contributed by atoms with Crippen LogP contribution in [0.15, 0.2) is 22.7 Å². The molecule has 0 bridgehead atoms. The summed E-state index contributed by atoms with van der Waals surface area (Å²) in [5.41, 5.74) is 8.09. The van der Waals surface area contributed by atoms with Gasteiger partial charge in [-0.15, -0.1) is 0 Å². The van der Waals surface area contributed by atoms with Gasteiger partial charge in [0, 0.05) is 24.1 Å². The maximum atomic E-state index is 6.12. The van der Waals surface area contributed by atoms with Gasteiger partial charge >= 0.3 is 0 Å². The van der Waals surface area contributed by atoms with Crippen LogP contribution >= 0.6 is 15.9 Å². The topological polar surface area (TPSA) is 32.5 Å². The number of anilines is 2. The SMILES string of the molecule is CC(C)CN(CCN(C)C)c1ccc(Br)cc1N. The zero-order chi connectivity index (χ0) is 13.7. The van der Waals surface area contributed by atoms with E-state index in [1.165, 1.54) is 0 Å². The highest BCUT2D eigenvalue weighted by molar-refractivity contribution is 9.10. The van der Waals surface area contributed by atoms with Gasteiger partial charge in [0.25, 0.3) is 0 Å². The van der Waals surface area contributed by atoms with Crippen LogP contribution in [0.3, 0.4) is 0 Å². The van der Waals surface area contributed by atoms with E-state index in [2.05, 4.69) is 65.8 Å². The van der Waals surface area contributed by atoms with Gasteiger partial charge in [-0.05, 0) is 38.2 Å². The number of likely N-dealkylation sites (N-methyl/N-ethyl adjacent to an activating group) is 1. The molecule has 102 valence electrons. The van der Waals surface area contributed by atoms with Gasteiger partial charge in [0.05, 0.1) is 11.4 Å². The van der Waals surface area contributed by atoms with E-state index in [1.807, 2.05) is 6.07 Å². The summed E-state index contributed by atoms with van der Waals surface area (Å²) >= 11 is 3.45. The van der Waals surface area contributed by atoms with Crippen molar-refractivity contribution in [1.29, 1.82) is 0 Å². The molecule has 3 nitrogen and oxygen atoms in total. The molecule has 0 heterocycles. The third-order valence-electron chi connectivity index (χ3n) is 2.73. The minimum atomic E-state index is 0.621. The highest BCUT2D eigenvalue weighted by Crippen LogP contribution is 2.27. The summed E-state index contributed by atoms with van der Waals surface area (Å²) in [6, 6.07) is 6.12. The molecule has 0 atom stereocenters. The fourth-order valence-corrected chi connectivity index (χ4v) is 2.26. The molecule has 2 N–H and O–H groups in total. The molecule has 0 saturated heterocycles. The first-order valence-electron chi connectivity index (χ1n) is 6.35. The van der Waals surface area contributed by atoms with E-state index in [-0.39, 0.29) is 0 Å². The lowest BCUT2D eigenvalue weighted by Crippen LogP contribution is -2.34. The van der Waals surface area contributed by atoms with E-state index < -0.39 is 0 Å². The molecule has 0 radical (unpaired) electrons. The molecular formula is C14H24BrN3. The first-order chi connectivity index (χ1) is 8.40. The van der Waals surface area contributed by atoms with Gasteiger partial charge in [-0.1, -0.05) is 29.8 Å². The molecule has 18 heavy (non-hydrogen) atoms. The molecule has 1 rings (SSSR count). The van der Waals surface area contributed by atoms with E-state index in [0.29, 0.717) is 5.92 Å². The van der Waals surface area contributed by atoms with Crippen LogP contribution in [0.5, 0.6) is 0 Å². The van der Waals surface area contributed by atoms with Crippen LogP contribution in [0.4, 0.5) is 11.4 Å². The Morgan fingerprint density at radius 2 is 1.89 bits per heavy atom. The second kappa shape index (κ2) is 7.00. The average Bonchev–Trinajstić information content (AvgIpc) is 2.24. The molecular weight excluding hydrogens is 290 g/mol. The lowest BCUT2D eigenvalue weighted by Gasteiger charge is -2.29. The summed E-state index contributed by atoms with van der Waals surface area (Å²) in [5, 5.41) is 0. The van der Waals surface area contributed by atoms with Gasteiger partial charge in [-0.2, -0.15) is 0 Å². The second-order valence-electron chi connectivity index (χ2n) is 5.35. The summed E-state index contributed by atoms with van der Waals surface area (Å²) < 4.78 is 1.03. The maximum absolute atomic E-state index is 6.12. The minimum absolute atomic E-state index is 0.621. The fraction of sp³-hybridized carbons (Fsp3) is 0.571. The van der Waals surface area contributed by atoms with E-state index >= 15 is 0 Å². The number of benzene rings is 1. The van der Waals surface area contributed by atoms with Crippen molar-refractivity contribution in [3.8, 4) is 0 Å². The Labute approximate surface area is 119 Å². The third-order valence-corrected chi connectivity index (χ3v) is 3.23. The Morgan fingerprint density at radius 3 is 2.39 bits per heavy atom. The highest BCUT2D eigenvalue weighted by atomic mass is 79.9. The number of hydrogen-bond acceptors (Lipinski definition) is 3. The monoisotopic (exact) mass is 313 g/mol. The molecule has 0 aliphatic carbocycles. The number of nitrogen functional groups attached to an aromatic ring is 1. The first kappa shape index (κ1) is 15.3. The number of nitrogens with zero attached hydrogens (tertiary/aromatic N) is 2. The Kier molecular flexibility index (Phi) is 5.96. The van der Waals surface area contributed by atoms with Gasteiger partial charge in [0.1, 0.15) is 0 Å². The van der Waals surface area contributed by atoms with Crippen LogP contribution in [0.25, 0.3) is 0 Å². The van der Waals surface area contributed by atoms with Crippen molar-refractivity contribution in [1.82, 2.24) is 4.90 Å². The van der Waals surface area contributed by atoms with Crippen molar-refractivity contribution in [2.45, 2.75) is 13.8 Å². The number of hydrogen-bond donors (Lipinski definition) is 1. The molecule has 1 aromatic rings. The van der Waals surface area contributed by atoms with Crippen molar-refractivity contribution in [3.63, 3.8) is 0 Å². The summed E-state index contributed by atoms with van der Waals surface area (Å²) in [5.74, 6) is 0.621. The standard InChI is InChI=1S/C14H24BrN3/c1-11(2)10-18(8-7-17(3)4)14-6-5-12(15)9-13(14)16/h5-6,9,11H,7-8,10,16H2,1-4H3. The molecule has 0 aliphatic heterocycles. The predicted molar refractivity (Wildman–Crippen MR) is 84.2 cm³/mol. The molecule has 0 unspecified atom stereocenters. The van der Waals surface area contributed by atoms with Crippen molar-refractivity contribution in [2.24, 2.45) is 5.92 Å². The van der Waals surface area contributed by atoms with E-state index in [9.17, 15) is 0 Å². The Balaban J connectivity index is 2.86. The van der Waals surface area contributed by atoms with E-state index in [1.54, 1.807) is 0 Å². The summed E-state index contributed by atoms with van der Waals surface area (Å²) in [4.78, 5) is 4.56. The summed E-state index contributed by atoms with van der Waals surface area (Å²) in [7, 11) is 4.19. The molecule has 0 saturated carbocycles. The molecule has 0 fully saturated rings. The molecule has 0 amide bonds.